The minimum Gasteiger partial charge on any atom is -0.478 e. The maximum atomic E-state index is 11.0. The molecule has 0 unspecified atom stereocenters. The lowest BCUT2D eigenvalue weighted by Crippen LogP contribution is -2.06. The Morgan fingerprint density at radius 3 is 2.95 bits per heavy atom. The number of nitrogens with zero attached hydrogens (tertiary/aromatic N) is 3. The van der Waals surface area contributed by atoms with Crippen molar-refractivity contribution in [3.8, 4) is 0 Å². The van der Waals surface area contributed by atoms with Crippen molar-refractivity contribution >= 4 is 22.6 Å². The predicted molar refractivity (Wildman–Crippen MR) is 71.2 cm³/mol. The van der Waals surface area contributed by atoms with Gasteiger partial charge < -0.3 is 9.52 Å². The lowest BCUT2D eigenvalue weighted by Gasteiger charge is -2.02. The second kappa shape index (κ2) is 4.75. The number of nitro benzene ring substituents is 1. The second-order valence-electron chi connectivity index (χ2n) is 4.37. The van der Waals surface area contributed by atoms with Gasteiger partial charge in [0.25, 0.3) is 5.69 Å². The van der Waals surface area contributed by atoms with Crippen molar-refractivity contribution in [2.75, 3.05) is 0 Å². The van der Waals surface area contributed by atoms with Gasteiger partial charge in [0, 0.05) is 17.5 Å². The van der Waals surface area contributed by atoms with Crippen LogP contribution < -0.4 is 0 Å². The molecule has 8 nitrogen and oxygen atoms in total. The molecule has 21 heavy (non-hydrogen) atoms. The number of fused-ring (bicyclic) bond motifs is 1. The van der Waals surface area contributed by atoms with Crippen molar-refractivity contribution in [2.45, 2.75) is 6.54 Å². The molecular weight excluding hydrogens is 278 g/mol. The number of nitro groups is 1. The minimum atomic E-state index is -1.10. The normalized spacial score (nSPS) is 10.9. The number of carboxylic acid groups (broad SMARTS) is 1. The van der Waals surface area contributed by atoms with Gasteiger partial charge in [0.2, 0.25) is 0 Å². The van der Waals surface area contributed by atoms with Crippen molar-refractivity contribution in [2.24, 2.45) is 0 Å². The summed E-state index contributed by atoms with van der Waals surface area (Å²) in [5, 5.41) is 24.7. The number of aromatic carboxylic acids is 1. The molecule has 2 heterocycles. The molecule has 3 aromatic rings. The summed E-state index contributed by atoms with van der Waals surface area (Å²) in [6.07, 6.45) is 2.84. The topological polar surface area (TPSA) is 111 Å². The van der Waals surface area contributed by atoms with E-state index in [0.717, 1.165) is 5.39 Å². The summed E-state index contributed by atoms with van der Waals surface area (Å²) in [5.74, 6) is -0.861. The third-order valence-electron chi connectivity index (χ3n) is 3.11. The van der Waals surface area contributed by atoms with Crippen LogP contribution in [-0.2, 0) is 6.54 Å². The van der Waals surface area contributed by atoms with Gasteiger partial charge in [-0.15, -0.1) is 0 Å². The van der Waals surface area contributed by atoms with Gasteiger partial charge in [-0.05, 0) is 12.1 Å². The predicted octanol–water partition coefficient (Wildman–Crippen LogP) is 2.28. The van der Waals surface area contributed by atoms with Crippen LogP contribution >= 0.6 is 0 Å². The van der Waals surface area contributed by atoms with Crippen LogP contribution in [0.2, 0.25) is 0 Å². The summed E-state index contributed by atoms with van der Waals surface area (Å²) in [7, 11) is 0. The van der Waals surface area contributed by atoms with E-state index in [1.807, 2.05) is 0 Å². The number of aromatic nitrogens is 2. The van der Waals surface area contributed by atoms with Crippen molar-refractivity contribution in [3.05, 3.63) is 58.2 Å². The summed E-state index contributed by atoms with van der Waals surface area (Å²) < 4.78 is 6.62. The Balaban J connectivity index is 2.04. The standard InChI is InChI=1S/C13H9N3O5/c17-13(18)10-3-4-21-12(10)7-15-11-5-9(16(19)20)2-1-8(11)6-14-15/h1-6H,7H2,(H,17,18). The lowest BCUT2D eigenvalue weighted by molar-refractivity contribution is -0.384. The number of hydrogen-bond acceptors (Lipinski definition) is 5. The third-order valence-corrected chi connectivity index (χ3v) is 3.11. The zero-order valence-electron chi connectivity index (χ0n) is 10.6. The fourth-order valence-electron chi connectivity index (χ4n) is 2.09. The molecule has 0 aliphatic carbocycles. The number of carbonyl (C=O) groups is 1. The number of rotatable bonds is 4. The Labute approximate surface area is 117 Å². The van der Waals surface area contributed by atoms with Crippen LogP contribution in [0.5, 0.6) is 0 Å². The highest BCUT2D eigenvalue weighted by Gasteiger charge is 2.16. The average Bonchev–Trinajstić information content (AvgIpc) is 3.06. The Kier molecular flexibility index (Phi) is 2.90. The number of non-ortho nitro benzene ring substituents is 1. The quantitative estimate of drug-likeness (QED) is 0.582. The van der Waals surface area contributed by atoms with E-state index in [9.17, 15) is 14.9 Å². The van der Waals surface area contributed by atoms with Crippen LogP contribution in [0.25, 0.3) is 10.9 Å². The summed E-state index contributed by atoms with van der Waals surface area (Å²) in [5.41, 5.74) is 0.531. The van der Waals surface area contributed by atoms with Crippen LogP contribution in [0.4, 0.5) is 5.69 Å². The van der Waals surface area contributed by atoms with Crippen LogP contribution in [-0.4, -0.2) is 25.8 Å². The maximum Gasteiger partial charge on any atom is 0.339 e. The van der Waals surface area contributed by atoms with Gasteiger partial charge in [0.05, 0.1) is 22.9 Å². The van der Waals surface area contributed by atoms with E-state index in [-0.39, 0.29) is 23.6 Å². The molecule has 0 saturated heterocycles. The van der Waals surface area contributed by atoms with E-state index in [1.54, 1.807) is 12.3 Å². The molecule has 0 atom stereocenters. The average molecular weight is 287 g/mol. The Morgan fingerprint density at radius 2 is 2.24 bits per heavy atom. The Hall–Kier alpha value is -3.16. The number of hydrogen-bond donors (Lipinski definition) is 1. The van der Waals surface area contributed by atoms with Crippen molar-refractivity contribution in [1.29, 1.82) is 0 Å². The Morgan fingerprint density at radius 1 is 1.43 bits per heavy atom. The maximum absolute atomic E-state index is 11.0. The zero-order valence-corrected chi connectivity index (χ0v) is 10.6. The molecule has 2 aromatic heterocycles. The van der Waals surface area contributed by atoms with E-state index < -0.39 is 10.9 Å². The summed E-state index contributed by atoms with van der Waals surface area (Å²) in [6.45, 7) is 0.0826. The molecule has 0 spiro atoms. The molecule has 0 radical (unpaired) electrons. The summed E-state index contributed by atoms with van der Waals surface area (Å²) in [6, 6.07) is 5.73. The lowest BCUT2D eigenvalue weighted by atomic mass is 10.2. The first kappa shape index (κ1) is 12.9. The highest BCUT2D eigenvalue weighted by molar-refractivity contribution is 5.88. The van der Waals surface area contributed by atoms with Crippen LogP contribution in [0.3, 0.4) is 0 Å². The van der Waals surface area contributed by atoms with Gasteiger partial charge >= 0.3 is 5.97 Å². The van der Waals surface area contributed by atoms with Gasteiger partial charge in [-0.25, -0.2) is 4.79 Å². The number of furan rings is 1. The van der Waals surface area contributed by atoms with Crippen molar-refractivity contribution in [3.63, 3.8) is 0 Å². The number of carboxylic acids is 1. The molecule has 0 aliphatic rings. The van der Waals surface area contributed by atoms with Crippen LogP contribution in [0.15, 0.2) is 41.1 Å². The highest BCUT2D eigenvalue weighted by Crippen LogP contribution is 2.22. The molecule has 0 bridgehead atoms. The first-order chi connectivity index (χ1) is 10.1. The fourth-order valence-corrected chi connectivity index (χ4v) is 2.09. The molecule has 0 amide bonds. The Bertz CT molecular complexity index is 848. The van der Waals surface area contributed by atoms with Crippen molar-refractivity contribution in [1.82, 2.24) is 9.78 Å². The summed E-state index contributed by atoms with van der Waals surface area (Å²) in [4.78, 5) is 21.4. The van der Waals surface area contributed by atoms with Gasteiger partial charge in [-0.2, -0.15) is 5.10 Å². The van der Waals surface area contributed by atoms with Crippen LogP contribution in [0.1, 0.15) is 16.1 Å². The van der Waals surface area contributed by atoms with E-state index in [2.05, 4.69) is 5.10 Å². The van der Waals surface area contributed by atoms with Crippen LogP contribution in [0, 0.1) is 10.1 Å². The molecular formula is C13H9N3O5. The van der Waals surface area contributed by atoms with Crippen molar-refractivity contribution < 1.29 is 19.2 Å². The first-order valence-corrected chi connectivity index (χ1v) is 5.96. The van der Waals surface area contributed by atoms with E-state index in [0.29, 0.717) is 5.52 Å². The molecule has 106 valence electrons. The first-order valence-electron chi connectivity index (χ1n) is 5.96. The van der Waals surface area contributed by atoms with Gasteiger partial charge in [0.1, 0.15) is 17.9 Å². The molecule has 0 fully saturated rings. The smallest absolute Gasteiger partial charge is 0.339 e. The molecule has 8 heteroatoms. The van der Waals surface area contributed by atoms with Gasteiger partial charge in [-0.1, -0.05) is 0 Å². The number of benzene rings is 1. The van der Waals surface area contributed by atoms with E-state index in [4.69, 9.17) is 9.52 Å². The van der Waals surface area contributed by atoms with Gasteiger partial charge in [-0.3, -0.25) is 14.8 Å². The monoisotopic (exact) mass is 287 g/mol. The van der Waals surface area contributed by atoms with Gasteiger partial charge in [0.15, 0.2) is 0 Å². The SMILES string of the molecule is O=C(O)c1ccoc1Cn1ncc2ccc([N+](=O)[O-])cc21. The zero-order chi connectivity index (χ0) is 15.0. The highest BCUT2D eigenvalue weighted by atomic mass is 16.6. The molecule has 0 saturated carbocycles. The van der Waals surface area contributed by atoms with E-state index in [1.165, 1.54) is 29.1 Å². The molecule has 1 aromatic carbocycles. The largest absolute Gasteiger partial charge is 0.478 e. The molecule has 0 aliphatic heterocycles. The van der Waals surface area contributed by atoms with E-state index >= 15 is 0 Å². The minimum absolute atomic E-state index is 0.0454. The third kappa shape index (κ3) is 2.22. The fraction of sp³-hybridized carbons (Fsp3) is 0.0769. The molecule has 3 rings (SSSR count). The molecule has 1 N–H and O–H groups in total. The summed E-state index contributed by atoms with van der Waals surface area (Å²) >= 11 is 0. The second-order valence-corrected chi connectivity index (χ2v) is 4.37.